The smallest absolute Gasteiger partial charge is 0.253 e. The van der Waals surface area contributed by atoms with Crippen molar-refractivity contribution >= 4 is 23.5 Å². The van der Waals surface area contributed by atoms with Crippen molar-refractivity contribution in [1.29, 1.82) is 0 Å². The molecule has 0 spiro atoms. The van der Waals surface area contributed by atoms with Gasteiger partial charge < -0.3 is 119 Å². The zero-order valence-electron chi connectivity index (χ0n) is 73.1. The zero-order valence-corrected chi connectivity index (χ0v) is 73.1. The first kappa shape index (κ1) is 105. The number of hydrogen-bond acceptors (Lipinski definition) is 28. The van der Waals surface area contributed by atoms with Gasteiger partial charge in [-0.05, 0) is 128 Å². The molecule has 1 saturated carbocycles. The summed E-state index contributed by atoms with van der Waals surface area (Å²) < 4.78 is 134. The van der Waals surface area contributed by atoms with Gasteiger partial charge in [-0.15, -0.1) is 0 Å². The molecular weight excluding hydrogens is 1570 g/mol. The van der Waals surface area contributed by atoms with Gasteiger partial charge in [-0.2, -0.15) is 0 Å². The fourth-order valence-corrected chi connectivity index (χ4v) is 13.9. The van der Waals surface area contributed by atoms with E-state index in [1.54, 1.807) is 14.2 Å². The minimum atomic E-state index is -0.289. The lowest BCUT2D eigenvalue weighted by atomic mass is 9.71. The van der Waals surface area contributed by atoms with Crippen LogP contribution in [0.3, 0.4) is 0 Å². The molecule has 6 rings (SSSR count). The number of imide groups is 1. The Morgan fingerprint density at radius 3 is 0.992 bits per heavy atom. The summed E-state index contributed by atoms with van der Waals surface area (Å²) in [7, 11) is 3.29. The Labute approximate surface area is 719 Å². The van der Waals surface area contributed by atoms with Crippen molar-refractivity contribution < 1.29 is 133 Å². The predicted molar refractivity (Wildman–Crippen MR) is 455 cm³/mol. The van der Waals surface area contributed by atoms with Crippen LogP contribution in [-0.4, -0.2) is 360 Å². The number of nitrogens with one attached hydrogen (secondary N) is 1. The van der Waals surface area contributed by atoms with Crippen LogP contribution in [0.4, 0.5) is 0 Å². The number of ketones is 1. The van der Waals surface area contributed by atoms with Crippen molar-refractivity contribution in [1.82, 2.24) is 10.2 Å². The number of carbonyl (C=O) groups is 4. The summed E-state index contributed by atoms with van der Waals surface area (Å²) in [5.74, 6) is -0.0569. The van der Waals surface area contributed by atoms with E-state index >= 15 is 0 Å². The molecule has 0 aromatic heterocycles. The minimum Gasteiger partial charge on any atom is -0.382 e. The number of hydrogen-bond donors (Lipinski definition) is 1. The van der Waals surface area contributed by atoms with Gasteiger partial charge in [-0.3, -0.25) is 24.1 Å². The van der Waals surface area contributed by atoms with Crippen molar-refractivity contribution in [2.75, 3.05) is 331 Å². The number of carbonyl (C=O) groups excluding carboxylic acids is 4. The largest absolute Gasteiger partial charge is 0.382 e. The van der Waals surface area contributed by atoms with Gasteiger partial charge in [0.25, 0.3) is 11.8 Å². The van der Waals surface area contributed by atoms with Gasteiger partial charge in [0.05, 0.1) is 291 Å². The summed E-state index contributed by atoms with van der Waals surface area (Å²) in [4.78, 5) is 51.4. The first-order valence-corrected chi connectivity index (χ1v) is 44.1. The second-order valence-corrected chi connectivity index (χ2v) is 29.4. The number of nitrogens with zero attached hydrogens (tertiary/aromatic N) is 1. The van der Waals surface area contributed by atoms with Crippen LogP contribution in [0.25, 0.3) is 22.3 Å². The molecule has 0 atom stereocenters. The molecule has 3 aromatic carbocycles. The molecule has 1 fully saturated rings. The summed E-state index contributed by atoms with van der Waals surface area (Å²) in [5.41, 5.74) is 9.56. The third-order valence-corrected chi connectivity index (χ3v) is 20.3. The number of benzene rings is 3. The van der Waals surface area contributed by atoms with Crippen molar-refractivity contribution in [2.45, 2.75) is 95.8 Å². The zero-order chi connectivity index (χ0) is 85.5. The quantitative estimate of drug-likeness (QED) is 0.0408. The van der Waals surface area contributed by atoms with E-state index in [1.807, 2.05) is 0 Å². The van der Waals surface area contributed by atoms with Crippen LogP contribution in [0.1, 0.15) is 99.3 Å². The number of rotatable bonds is 86. The third-order valence-electron chi connectivity index (χ3n) is 20.3. The van der Waals surface area contributed by atoms with E-state index < -0.39 is 0 Å². The fourth-order valence-electron chi connectivity index (χ4n) is 13.9. The summed E-state index contributed by atoms with van der Waals surface area (Å²) in [6.45, 7) is 25.8. The molecular formula is C91H146N2O28. The van der Waals surface area contributed by atoms with Crippen LogP contribution in [0.15, 0.2) is 72.8 Å². The van der Waals surface area contributed by atoms with Crippen molar-refractivity contribution in [3.8, 4) is 22.3 Å². The van der Waals surface area contributed by atoms with Gasteiger partial charge in [-0.1, -0.05) is 60.2 Å². The van der Waals surface area contributed by atoms with Crippen LogP contribution >= 0.6 is 0 Å². The lowest BCUT2D eigenvalue weighted by Gasteiger charge is -2.33. The Morgan fingerprint density at radius 2 is 0.653 bits per heavy atom. The second kappa shape index (κ2) is 71.8. The molecule has 688 valence electrons. The summed E-state index contributed by atoms with van der Waals surface area (Å²) in [6.07, 6.45) is 12.2. The average Bonchev–Trinajstić information content (AvgIpc) is 1.56. The van der Waals surface area contributed by atoms with Crippen molar-refractivity contribution in [2.24, 2.45) is 11.8 Å². The van der Waals surface area contributed by atoms with Crippen LogP contribution in [0.2, 0.25) is 0 Å². The highest BCUT2D eigenvalue weighted by Gasteiger charge is 2.43. The fraction of sp³-hybridized carbons (Fsp3) is 0.736. The van der Waals surface area contributed by atoms with E-state index in [0.29, 0.717) is 343 Å². The normalized spacial score (nSPS) is 14.9. The minimum absolute atomic E-state index is 0.00151. The monoisotopic (exact) mass is 1720 g/mol. The van der Waals surface area contributed by atoms with Gasteiger partial charge in [0, 0.05) is 76.8 Å². The molecule has 3 aliphatic rings. The molecule has 30 nitrogen and oxygen atoms in total. The lowest BCUT2D eigenvalue weighted by Crippen LogP contribution is -2.36. The second-order valence-electron chi connectivity index (χ2n) is 29.4. The number of Topliss-reactive ketones (excluding diaryl/α,β-unsaturated/α-hetero) is 1. The highest BCUT2D eigenvalue weighted by Crippen LogP contribution is 2.55. The Hall–Kier alpha value is -5.28. The molecule has 0 bridgehead atoms. The van der Waals surface area contributed by atoms with E-state index in [9.17, 15) is 19.2 Å². The summed E-state index contributed by atoms with van der Waals surface area (Å²) in [5, 5.41) is 3.03. The molecule has 1 heterocycles. The first-order valence-electron chi connectivity index (χ1n) is 44.1. The molecule has 3 amide bonds. The van der Waals surface area contributed by atoms with E-state index in [4.69, 9.17) is 114 Å². The third kappa shape index (κ3) is 48.9. The highest BCUT2D eigenvalue weighted by atomic mass is 16.6. The van der Waals surface area contributed by atoms with Crippen LogP contribution in [0, 0.1) is 18.8 Å². The topological polar surface area (TPSA) is 305 Å². The van der Waals surface area contributed by atoms with Crippen LogP contribution in [-0.2, 0) is 145 Å². The van der Waals surface area contributed by atoms with Gasteiger partial charge >= 0.3 is 0 Å². The lowest BCUT2D eigenvalue weighted by molar-refractivity contribution is -0.138. The summed E-state index contributed by atoms with van der Waals surface area (Å²) in [6, 6.07) is 22.5. The maximum atomic E-state index is 13.1. The first-order chi connectivity index (χ1) is 59.7. The SMILES string of the molecule is COCCOCCOCCOCCOCCOCCOCCOCCOCCOCCOCCOCCCC1(CCCOCCOCCOCCOCCOCCOCCOCCOCCOCCOCCOCCOC)c2cc(C)ccc2-c2ccc(-c3ccc(CCCC(=O)NCCCC(=O)C4CCC(CN5C(=O)C=CC5=O)CC4)cc3)cc21. The van der Waals surface area contributed by atoms with Crippen LogP contribution < -0.4 is 5.32 Å². The highest BCUT2D eigenvalue weighted by molar-refractivity contribution is 6.12. The molecule has 2 aliphatic carbocycles. The van der Waals surface area contributed by atoms with Gasteiger partial charge in [0.2, 0.25) is 5.91 Å². The molecule has 30 heteroatoms. The number of ether oxygens (including phenoxy) is 24. The molecule has 1 N–H and O–H groups in total. The molecule has 0 radical (unpaired) electrons. The number of amides is 3. The number of methoxy groups -OCH3 is 2. The van der Waals surface area contributed by atoms with E-state index in [1.165, 1.54) is 50.4 Å². The maximum Gasteiger partial charge on any atom is 0.253 e. The Morgan fingerprint density at radius 1 is 0.347 bits per heavy atom. The Kier molecular flexibility index (Phi) is 62.0. The van der Waals surface area contributed by atoms with Gasteiger partial charge in [0.15, 0.2) is 0 Å². The van der Waals surface area contributed by atoms with Crippen LogP contribution in [0.5, 0.6) is 0 Å². The molecule has 1 aliphatic heterocycles. The molecule has 0 saturated heterocycles. The molecule has 121 heavy (non-hydrogen) atoms. The average molecular weight is 1720 g/mol. The number of fused-ring (bicyclic) bond motifs is 3. The van der Waals surface area contributed by atoms with E-state index in [2.05, 4.69) is 72.9 Å². The number of aryl methyl sites for hydroxylation is 2. The van der Waals surface area contributed by atoms with Gasteiger partial charge in [0.1, 0.15) is 5.78 Å². The Balaban J connectivity index is 0.815. The van der Waals surface area contributed by atoms with Crippen molar-refractivity contribution in [3.05, 3.63) is 95.1 Å². The van der Waals surface area contributed by atoms with Crippen molar-refractivity contribution in [3.63, 3.8) is 0 Å². The standard InChI is InChI=1S/C91H146N2O28/c1-77-11-21-83-84-22-20-82(80-16-12-78(13-17-80)8-4-10-88(95)92-27-5-9-87(94)81-18-14-79(15-19-81)76-93-89(96)23-24-90(93)97)75-86(84)91(85(83)74-77,25-6-28-100-34-36-104-42-44-108-50-52-112-58-60-116-66-68-120-72-70-118-64-62-114-56-54-110-48-46-106-40-38-102-32-30-98-2)26-7-29-101-35-37-105-43-45-109-51-53-113-59-61-117-67-69-121-73-71-119-65-63-115-57-55-111-49-47-107-41-39-103-33-31-99-3/h11-13,16-17,20-24,74-75,79,81H,4-10,14-15,18-19,25-73,76H2,1-3H3,(H,92,95). The van der Waals surface area contributed by atoms with E-state index in [0.717, 1.165) is 68.9 Å². The summed E-state index contributed by atoms with van der Waals surface area (Å²) >= 11 is 0. The maximum absolute atomic E-state index is 13.1. The van der Waals surface area contributed by atoms with E-state index in [-0.39, 0.29) is 40.8 Å². The Bertz CT molecular complexity index is 3000. The van der Waals surface area contributed by atoms with Gasteiger partial charge in [-0.25, -0.2) is 0 Å². The predicted octanol–water partition coefficient (Wildman–Crippen LogP) is 8.67. The molecule has 3 aromatic rings. The molecule has 0 unspecified atom stereocenters.